The fourth-order valence-corrected chi connectivity index (χ4v) is 2.19. The van der Waals surface area contributed by atoms with Crippen LogP contribution in [-0.2, 0) is 16.0 Å². The van der Waals surface area contributed by atoms with Crippen LogP contribution in [0.15, 0.2) is 24.3 Å². The minimum atomic E-state index is -0.266. The van der Waals surface area contributed by atoms with Crippen molar-refractivity contribution in [2.75, 3.05) is 12.3 Å². The number of anilines is 1. The van der Waals surface area contributed by atoms with Gasteiger partial charge in [0.05, 0.1) is 6.61 Å². The third-order valence-corrected chi connectivity index (χ3v) is 2.95. The predicted molar refractivity (Wildman–Crippen MR) is 68.4 cm³/mol. The van der Waals surface area contributed by atoms with Crippen molar-refractivity contribution in [1.29, 1.82) is 0 Å². The highest BCUT2D eigenvalue weighted by Crippen LogP contribution is 2.31. The number of carbonyl (C=O) groups is 1. The first-order valence-corrected chi connectivity index (χ1v) is 5.97. The van der Waals surface area contributed by atoms with Gasteiger partial charge in [0.15, 0.2) is 0 Å². The van der Waals surface area contributed by atoms with Gasteiger partial charge in [-0.3, -0.25) is 0 Å². The highest BCUT2D eigenvalue weighted by atomic mass is 16.5. The third-order valence-electron chi connectivity index (χ3n) is 2.95. The Bertz CT molecular complexity index is 463. The Morgan fingerprint density at radius 1 is 1.47 bits per heavy atom. The van der Waals surface area contributed by atoms with E-state index >= 15 is 0 Å². The van der Waals surface area contributed by atoms with Crippen molar-refractivity contribution in [2.45, 2.75) is 26.2 Å². The molecular formula is C14H17NO2. The molecule has 0 spiro atoms. The van der Waals surface area contributed by atoms with Crippen LogP contribution >= 0.6 is 0 Å². The fraction of sp³-hybridized carbons (Fsp3) is 0.357. The minimum Gasteiger partial charge on any atom is -0.463 e. The monoisotopic (exact) mass is 231 g/mol. The largest absolute Gasteiger partial charge is 0.463 e. The summed E-state index contributed by atoms with van der Waals surface area (Å²) in [6, 6.07) is 5.90. The molecule has 1 aliphatic carbocycles. The number of allylic oxidation sites excluding steroid dienone is 1. The molecule has 1 aromatic rings. The molecule has 2 rings (SSSR count). The highest BCUT2D eigenvalue weighted by Gasteiger charge is 2.15. The predicted octanol–water partition coefficient (Wildman–Crippen LogP) is 2.55. The normalized spacial score (nSPS) is 16.6. The lowest BCUT2D eigenvalue weighted by Gasteiger charge is -2.19. The van der Waals surface area contributed by atoms with Crippen molar-refractivity contribution in [2.24, 2.45) is 0 Å². The van der Waals surface area contributed by atoms with Gasteiger partial charge in [0.25, 0.3) is 0 Å². The molecule has 2 N–H and O–H groups in total. The summed E-state index contributed by atoms with van der Waals surface area (Å²) in [5, 5.41) is 0. The molecule has 0 atom stereocenters. The van der Waals surface area contributed by atoms with Gasteiger partial charge in [-0.15, -0.1) is 0 Å². The van der Waals surface area contributed by atoms with Crippen LogP contribution < -0.4 is 5.73 Å². The number of aryl methyl sites for hydroxylation is 1. The van der Waals surface area contributed by atoms with E-state index in [1.807, 2.05) is 25.1 Å². The van der Waals surface area contributed by atoms with Crippen molar-refractivity contribution in [1.82, 2.24) is 0 Å². The van der Waals surface area contributed by atoms with Crippen molar-refractivity contribution in [3.63, 3.8) is 0 Å². The number of ether oxygens (including phenoxy) is 1. The van der Waals surface area contributed by atoms with Gasteiger partial charge in [0, 0.05) is 11.8 Å². The van der Waals surface area contributed by atoms with Gasteiger partial charge in [0.1, 0.15) is 0 Å². The molecule has 90 valence electrons. The second-order valence-electron chi connectivity index (χ2n) is 4.19. The maximum atomic E-state index is 11.5. The Hall–Kier alpha value is -1.77. The molecule has 3 heteroatoms. The number of hydrogen-bond acceptors (Lipinski definition) is 3. The molecule has 0 aliphatic heterocycles. The van der Waals surface area contributed by atoms with E-state index in [9.17, 15) is 4.79 Å². The van der Waals surface area contributed by atoms with Crippen molar-refractivity contribution < 1.29 is 9.53 Å². The molecule has 0 saturated heterocycles. The molecule has 1 aliphatic rings. The smallest absolute Gasteiger partial charge is 0.331 e. The van der Waals surface area contributed by atoms with E-state index in [0.717, 1.165) is 36.1 Å². The Balaban J connectivity index is 2.33. The number of esters is 1. The maximum absolute atomic E-state index is 11.5. The molecular weight excluding hydrogens is 214 g/mol. The minimum absolute atomic E-state index is 0.266. The second-order valence-corrected chi connectivity index (χ2v) is 4.19. The number of nitrogen functional groups attached to an aromatic ring is 1. The van der Waals surface area contributed by atoms with Crippen LogP contribution in [0.4, 0.5) is 5.69 Å². The molecule has 0 fully saturated rings. The second kappa shape index (κ2) is 5.04. The van der Waals surface area contributed by atoms with E-state index in [1.165, 1.54) is 5.56 Å². The van der Waals surface area contributed by atoms with Crippen molar-refractivity contribution in [3.05, 3.63) is 35.4 Å². The molecule has 0 radical (unpaired) electrons. The lowest BCUT2D eigenvalue weighted by atomic mass is 9.87. The molecule has 0 heterocycles. The van der Waals surface area contributed by atoms with Crippen LogP contribution in [0.1, 0.15) is 30.9 Å². The lowest BCUT2D eigenvalue weighted by Crippen LogP contribution is -2.06. The van der Waals surface area contributed by atoms with Crippen molar-refractivity contribution in [3.8, 4) is 0 Å². The Labute approximate surface area is 101 Å². The van der Waals surface area contributed by atoms with Gasteiger partial charge in [-0.2, -0.15) is 0 Å². The van der Waals surface area contributed by atoms with Crippen LogP contribution in [0.5, 0.6) is 0 Å². The van der Waals surface area contributed by atoms with E-state index in [0.29, 0.717) is 6.61 Å². The summed E-state index contributed by atoms with van der Waals surface area (Å²) < 4.78 is 4.94. The van der Waals surface area contributed by atoms with E-state index in [1.54, 1.807) is 6.08 Å². The molecule has 0 aromatic heterocycles. The Morgan fingerprint density at radius 2 is 2.29 bits per heavy atom. The van der Waals surface area contributed by atoms with Gasteiger partial charge in [-0.05, 0) is 55.0 Å². The first kappa shape index (κ1) is 11.7. The molecule has 1 aromatic carbocycles. The average molecular weight is 231 g/mol. The summed E-state index contributed by atoms with van der Waals surface area (Å²) >= 11 is 0. The molecule has 3 nitrogen and oxygen atoms in total. The van der Waals surface area contributed by atoms with Crippen LogP contribution in [0, 0.1) is 0 Å². The van der Waals surface area contributed by atoms with Gasteiger partial charge in [0.2, 0.25) is 0 Å². The van der Waals surface area contributed by atoms with Gasteiger partial charge in [-0.25, -0.2) is 4.79 Å². The number of fused-ring (bicyclic) bond motifs is 1. The zero-order valence-corrected chi connectivity index (χ0v) is 10.0. The third kappa shape index (κ3) is 2.67. The number of nitrogens with two attached hydrogens (primary N) is 1. The summed E-state index contributed by atoms with van der Waals surface area (Å²) in [6.07, 6.45) is 4.63. The van der Waals surface area contributed by atoms with Crippen LogP contribution in [0.3, 0.4) is 0 Å². The summed E-state index contributed by atoms with van der Waals surface area (Å²) in [7, 11) is 0. The zero-order chi connectivity index (χ0) is 12.3. The van der Waals surface area contributed by atoms with E-state index in [4.69, 9.17) is 10.5 Å². The first-order chi connectivity index (χ1) is 8.20. The quantitative estimate of drug-likeness (QED) is 0.483. The van der Waals surface area contributed by atoms with Crippen LogP contribution in [-0.4, -0.2) is 12.6 Å². The summed E-state index contributed by atoms with van der Waals surface area (Å²) in [6.45, 7) is 2.22. The first-order valence-electron chi connectivity index (χ1n) is 5.97. The number of carbonyl (C=O) groups excluding carboxylic acids is 1. The molecule has 0 saturated carbocycles. The zero-order valence-electron chi connectivity index (χ0n) is 10.0. The lowest BCUT2D eigenvalue weighted by molar-refractivity contribution is -0.137. The topological polar surface area (TPSA) is 52.3 Å². The number of benzene rings is 1. The Morgan fingerprint density at radius 3 is 3.06 bits per heavy atom. The van der Waals surface area contributed by atoms with Crippen LogP contribution in [0.2, 0.25) is 0 Å². The highest BCUT2D eigenvalue weighted by molar-refractivity contribution is 5.92. The number of rotatable bonds is 2. The molecule has 17 heavy (non-hydrogen) atoms. The van der Waals surface area contributed by atoms with E-state index < -0.39 is 0 Å². The van der Waals surface area contributed by atoms with E-state index in [2.05, 4.69) is 0 Å². The molecule has 0 unspecified atom stereocenters. The number of hydrogen-bond donors (Lipinski definition) is 1. The average Bonchev–Trinajstić information content (AvgIpc) is 2.30. The molecule has 0 bridgehead atoms. The van der Waals surface area contributed by atoms with E-state index in [-0.39, 0.29) is 5.97 Å². The van der Waals surface area contributed by atoms with Crippen molar-refractivity contribution >= 4 is 17.2 Å². The van der Waals surface area contributed by atoms with Gasteiger partial charge < -0.3 is 10.5 Å². The standard InChI is InChI=1S/C14H17NO2/c1-2-17-14(16)8-11-5-3-4-10-6-7-12(15)9-13(10)11/h6-9H,2-5,15H2,1H3. The van der Waals surface area contributed by atoms with Gasteiger partial charge >= 0.3 is 5.97 Å². The maximum Gasteiger partial charge on any atom is 0.331 e. The summed E-state index contributed by atoms with van der Waals surface area (Å²) in [4.78, 5) is 11.5. The van der Waals surface area contributed by atoms with Gasteiger partial charge in [-0.1, -0.05) is 6.07 Å². The summed E-state index contributed by atoms with van der Waals surface area (Å²) in [5.41, 5.74) is 9.93. The Kier molecular flexibility index (Phi) is 3.47. The summed E-state index contributed by atoms with van der Waals surface area (Å²) in [5.74, 6) is -0.266. The SMILES string of the molecule is CCOC(=O)C=C1CCCc2ccc(N)cc21. The fourth-order valence-electron chi connectivity index (χ4n) is 2.19. The van der Waals surface area contributed by atoms with Crippen LogP contribution in [0.25, 0.3) is 5.57 Å². The molecule has 0 amide bonds.